The molecule has 3 fully saturated rings. The monoisotopic (exact) mass is 421 g/mol. The van der Waals surface area contributed by atoms with E-state index < -0.39 is 0 Å². The number of rotatable bonds is 3. The van der Waals surface area contributed by atoms with Gasteiger partial charge in [0.2, 0.25) is 0 Å². The van der Waals surface area contributed by atoms with Crippen LogP contribution in [-0.4, -0.2) is 36.8 Å². The first kappa shape index (κ1) is 20.2. The molecule has 0 amide bonds. The average Bonchev–Trinajstić information content (AvgIpc) is 3.05. The Labute approximate surface area is 187 Å². The highest BCUT2D eigenvalue weighted by Gasteiger charge is 2.61. The number of likely N-dealkylation sites (tertiary alicyclic amines) is 1. The zero-order valence-corrected chi connectivity index (χ0v) is 19.9. The van der Waals surface area contributed by atoms with Gasteiger partial charge in [-0.15, -0.1) is 12.6 Å². The van der Waals surface area contributed by atoms with Crippen molar-refractivity contribution in [2.24, 2.45) is 33.6 Å². The van der Waals surface area contributed by atoms with Crippen molar-refractivity contribution in [3.63, 3.8) is 0 Å². The number of hydrogen-bond donors (Lipinski definition) is 1. The van der Waals surface area contributed by atoms with E-state index in [-0.39, 0.29) is 0 Å². The Bertz CT molecular complexity index is 941. The molecule has 1 saturated carbocycles. The highest BCUT2D eigenvalue weighted by Crippen LogP contribution is 2.62. The third-order valence-electron chi connectivity index (χ3n) is 8.47. The van der Waals surface area contributed by atoms with Gasteiger partial charge in [-0.3, -0.25) is 4.99 Å². The molecule has 2 aliphatic heterocycles. The largest absolute Gasteiger partial charge is 0.371 e. The molecule has 0 spiro atoms. The summed E-state index contributed by atoms with van der Waals surface area (Å²) in [4.78, 5) is 10.9. The molecule has 4 aliphatic rings. The number of anilines is 1. The Morgan fingerprint density at radius 1 is 1.00 bits per heavy atom. The second kappa shape index (κ2) is 6.91. The van der Waals surface area contributed by atoms with Crippen molar-refractivity contribution in [2.75, 3.05) is 31.1 Å². The van der Waals surface area contributed by atoms with E-state index in [0.29, 0.717) is 10.8 Å². The van der Waals surface area contributed by atoms with Crippen LogP contribution in [-0.2, 0) is 0 Å². The summed E-state index contributed by atoms with van der Waals surface area (Å²) in [5.74, 6) is 2.44. The van der Waals surface area contributed by atoms with Crippen LogP contribution in [0.15, 0.2) is 52.0 Å². The third kappa shape index (κ3) is 3.41. The van der Waals surface area contributed by atoms with Gasteiger partial charge in [0, 0.05) is 54.6 Å². The van der Waals surface area contributed by atoms with Gasteiger partial charge in [0.05, 0.1) is 5.69 Å². The number of nitrogens with zero attached hydrogens (tertiary/aromatic N) is 3. The van der Waals surface area contributed by atoms with E-state index in [4.69, 9.17) is 17.6 Å². The predicted octanol–water partition coefficient (Wildman–Crippen LogP) is 5.96. The predicted molar refractivity (Wildman–Crippen MR) is 130 cm³/mol. The first-order valence-corrected chi connectivity index (χ1v) is 11.9. The molecule has 0 N–H and O–H groups in total. The lowest BCUT2D eigenvalue weighted by molar-refractivity contribution is 0.300. The average molecular weight is 422 g/mol. The van der Waals surface area contributed by atoms with Crippen LogP contribution in [0.4, 0.5) is 11.4 Å². The summed E-state index contributed by atoms with van der Waals surface area (Å²) in [6.07, 6.45) is 7.64. The topological polar surface area (TPSA) is 18.8 Å². The minimum absolute atomic E-state index is 0.386. The smallest absolute Gasteiger partial charge is 0.0767 e. The Balaban J connectivity index is 1.24. The fraction of sp³-hybridized carbons (Fsp3) is 0.577. The molecular formula is C26H35N3S. The summed E-state index contributed by atoms with van der Waals surface area (Å²) in [5, 5.41) is 0. The zero-order chi connectivity index (χ0) is 21.3. The maximum atomic E-state index is 4.91. The molecule has 0 radical (unpaired) electrons. The summed E-state index contributed by atoms with van der Waals surface area (Å²) >= 11 is 4.76. The number of fused-ring (bicyclic) bond motifs is 1. The second-order valence-electron chi connectivity index (χ2n) is 11.2. The zero-order valence-electron chi connectivity index (χ0n) is 19.0. The lowest BCUT2D eigenvalue weighted by Crippen LogP contribution is -2.25. The summed E-state index contributed by atoms with van der Waals surface area (Å²) in [5.41, 5.74) is 5.66. The molecule has 3 unspecified atom stereocenters. The minimum Gasteiger partial charge on any atom is -0.371 e. The van der Waals surface area contributed by atoms with Crippen molar-refractivity contribution in [3.8, 4) is 0 Å². The molecular weight excluding hydrogens is 386 g/mol. The van der Waals surface area contributed by atoms with Crippen LogP contribution < -0.4 is 4.90 Å². The molecule has 30 heavy (non-hydrogen) atoms. The van der Waals surface area contributed by atoms with Crippen LogP contribution in [0.3, 0.4) is 0 Å². The summed E-state index contributed by atoms with van der Waals surface area (Å²) in [6.45, 7) is 16.6. The Morgan fingerprint density at radius 3 is 2.30 bits per heavy atom. The van der Waals surface area contributed by atoms with Crippen LogP contribution in [0.25, 0.3) is 0 Å². The fourth-order valence-electron chi connectivity index (χ4n) is 5.63. The number of allylic oxidation sites excluding steroid dienone is 3. The number of hydrogen-bond acceptors (Lipinski definition) is 4. The molecule has 5 rings (SSSR count). The minimum atomic E-state index is 0.386. The van der Waals surface area contributed by atoms with E-state index in [9.17, 15) is 0 Å². The number of aliphatic imine (C=N–C) groups is 1. The van der Waals surface area contributed by atoms with E-state index in [1.807, 2.05) is 0 Å². The number of benzene rings is 1. The quantitative estimate of drug-likeness (QED) is 0.607. The highest BCUT2D eigenvalue weighted by atomic mass is 32.1. The van der Waals surface area contributed by atoms with Crippen LogP contribution in [0.1, 0.15) is 41.0 Å². The van der Waals surface area contributed by atoms with Gasteiger partial charge < -0.3 is 9.80 Å². The normalized spacial score (nSPS) is 32.5. The van der Waals surface area contributed by atoms with E-state index >= 15 is 0 Å². The van der Waals surface area contributed by atoms with Gasteiger partial charge in [0.1, 0.15) is 0 Å². The van der Waals surface area contributed by atoms with Crippen molar-refractivity contribution in [1.29, 1.82) is 0 Å². The third-order valence-corrected chi connectivity index (χ3v) is 8.83. The van der Waals surface area contributed by atoms with Gasteiger partial charge in [0.25, 0.3) is 0 Å². The fourth-order valence-corrected chi connectivity index (χ4v) is 5.89. The lowest BCUT2D eigenvalue weighted by Gasteiger charge is -2.25. The molecule has 2 saturated heterocycles. The number of piperidine rings is 1. The van der Waals surface area contributed by atoms with Gasteiger partial charge in [-0.25, -0.2) is 0 Å². The van der Waals surface area contributed by atoms with Gasteiger partial charge in [0.15, 0.2) is 0 Å². The van der Waals surface area contributed by atoms with Crippen LogP contribution in [0, 0.1) is 28.6 Å². The molecule has 160 valence electrons. The highest BCUT2D eigenvalue weighted by molar-refractivity contribution is 7.80. The molecule has 0 bridgehead atoms. The molecule has 0 aromatic heterocycles. The molecule has 3 atom stereocenters. The SMILES string of the molecule is CC1CN(C2=CCC(=Nc3ccc(N4CC5C(C4)C5(C)C)cc3S)C=C2)CC1(C)C. The van der Waals surface area contributed by atoms with Gasteiger partial charge >= 0.3 is 0 Å². The Morgan fingerprint density at radius 2 is 1.73 bits per heavy atom. The van der Waals surface area contributed by atoms with Crippen molar-refractivity contribution in [2.45, 2.75) is 45.9 Å². The van der Waals surface area contributed by atoms with E-state index in [1.54, 1.807) is 0 Å². The van der Waals surface area contributed by atoms with Gasteiger partial charge in [-0.05, 0) is 58.9 Å². The maximum Gasteiger partial charge on any atom is 0.0767 e. The van der Waals surface area contributed by atoms with Gasteiger partial charge in [-0.2, -0.15) is 0 Å². The molecule has 3 nitrogen and oxygen atoms in total. The van der Waals surface area contributed by atoms with E-state index in [0.717, 1.165) is 53.6 Å². The Hall–Kier alpha value is -1.68. The second-order valence-corrected chi connectivity index (χ2v) is 11.6. The van der Waals surface area contributed by atoms with Crippen molar-refractivity contribution < 1.29 is 0 Å². The van der Waals surface area contributed by atoms with Crippen LogP contribution >= 0.6 is 12.6 Å². The number of thiol groups is 1. The first-order valence-electron chi connectivity index (χ1n) is 11.4. The van der Waals surface area contributed by atoms with Crippen LogP contribution in [0.5, 0.6) is 0 Å². The maximum absolute atomic E-state index is 4.91. The standard InChI is InChI=1S/C26H35N3S/c1-17-13-29(16-25(17,2)3)19-8-6-18(7-9-19)27-23-11-10-20(12-24(23)30)28-14-21-22(15-28)26(21,4)5/h6,8-12,17,21-22,30H,7,13-16H2,1-5H3. The van der Waals surface area contributed by atoms with Crippen molar-refractivity contribution in [1.82, 2.24) is 4.90 Å². The van der Waals surface area contributed by atoms with Gasteiger partial charge in [-0.1, -0.05) is 40.7 Å². The molecule has 4 heteroatoms. The molecule has 1 aromatic rings. The van der Waals surface area contributed by atoms with Crippen molar-refractivity contribution >= 4 is 29.7 Å². The van der Waals surface area contributed by atoms with E-state index in [1.165, 1.54) is 24.5 Å². The Kier molecular flexibility index (Phi) is 4.66. The van der Waals surface area contributed by atoms with E-state index in [2.05, 4.69) is 80.8 Å². The van der Waals surface area contributed by atoms with Crippen molar-refractivity contribution in [3.05, 3.63) is 42.1 Å². The summed E-state index contributed by atoms with van der Waals surface area (Å²) in [7, 11) is 0. The molecule has 1 aromatic carbocycles. The molecule has 2 aliphatic carbocycles. The summed E-state index contributed by atoms with van der Waals surface area (Å²) < 4.78 is 0. The summed E-state index contributed by atoms with van der Waals surface area (Å²) in [6, 6.07) is 6.55. The van der Waals surface area contributed by atoms with Crippen LogP contribution in [0.2, 0.25) is 0 Å². The molecule has 2 heterocycles. The first-order chi connectivity index (χ1) is 14.1. The lowest BCUT2D eigenvalue weighted by atomic mass is 9.84.